The van der Waals surface area contributed by atoms with Crippen molar-refractivity contribution in [3.8, 4) is 0 Å². The number of nitrogens with one attached hydrogen (secondary N) is 1. The number of amides is 1. The molecule has 1 saturated heterocycles. The van der Waals surface area contributed by atoms with Gasteiger partial charge in [0.05, 0.1) is 12.2 Å². The van der Waals surface area contributed by atoms with Crippen molar-refractivity contribution >= 4 is 11.6 Å². The molecule has 1 aromatic rings. The van der Waals surface area contributed by atoms with Crippen LogP contribution in [0, 0.1) is 11.6 Å². The lowest BCUT2D eigenvalue weighted by molar-refractivity contribution is -0.120. The molecule has 0 bridgehead atoms. The van der Waals surface area contributed by atoms with E-state index in [-0.39, 0.29) is 18.4 Å². The van der Waals surface area contributed by atoms with Crippen molar-refractivity contribution in [1.29, 1.82) is 0 Å². The van der Waals surface area contributed by atoms with Crippen molar-refractivity contribution in [2.24, 2.45) is 0 Å². The SMILES string of the molecule is O=C1CC(N2C=CON2)CCCN1c1ccc(F)c(F)c1. The summed E-state index contributed by atoms with van der Waals surface area (Å²) in [7, 11) is 0. The Morgan fingerprint density at radius 1 is 1.29 bits per heavy atom. The molecular weight excluding hydrogens is 280 g/mol. The average Bonchev–Trinajstić information content (AvgIpc) is 2.93. The lowest BCUT2D eigenvalue weighted by Crippen LogP contribution is -2.40. The number of halogens is 2. The molecule has 2 aliphatic rings. The van der Waals surface area contributed by atoms with Gasteiger partial charge in [-0.15, -0.1) is 0 Å². The summed E-state index contributed by atoms with van der Waals surface area (Å²) in [5.41, 5.74) is 3.08. The number of hydrogen-bond acceptors (Lipinski definition) is 4. The van der Waals surface area contributed by atoms with E-state index in [1.165, 1.54) is 17.2 Å². The first-order chi connectivity index (χ1) is 10.1. The zero-order valence-electron chi connectivity index (χ0n) is 11.3. The van der Waals surface area contributed by atoms with Crippen LogP contribution in [0.3, 0.4) is 0 Å². The Kier molecular flexibility index (Phi) is 3.74. The molecule has 0 aromatic heterocycles. The van der Waals surface area contributed by atoms with E-state index in [2.05, 4.69) is 5.59 Å². The molecule has 5 nitrogen and oxygen atoms in total. The summed E-state index contributed by atoms with van der Waals surface area (Å²) in [6, 6.07) is 3.50. The van der Waals surface area contributed by atoms with Crippen LogP contribution in [0.4, 0.5) is 14.5 Å². The van der Waals surface area contributed by atoms with E-state index in [0.717, 1.165) is 25.0 Å². The van der Waals surface area contributed by atoms with Gasteiger partial charge in [0.1, 0.15) is 6.26 Å². The Bertz CT molecular complexity index is 579. The number of anilines is 1. The van der Waals surface area contributed by atoms with Crippen molar-refractivity contribution in [2.75, 3.05) is 11.4 Å². The number of nitrogens with zero attached hydrogens (tertiary/aromatic N) is 2. The maximum Gasteiger partial charge on any atom is 0.229 e. The van der Waals surface area contributed by atoms with Gasteiger partial charge >= 0.3 is 0 Å². The molecular formula is C14H15F2N3O2. The second kappa shape index (κ2) is 5.69. The number of hydrazine groups is 1. The van der Waals surface area contributed by atoms with Crippen molar-refractivity contribution in [3.05, 3.63) is 42.3 Å². The molecule has 2 aliphatic heterocycles. The second-order valence-corrected chi connectivity index (χ2v) is 5.05. The van der Waals surface area contributed by atoms with E-state index >= 15 is 0 Å². The third-order valence-corrected chi connectivity index (χ3v) is 3.69. The Labute approximate surface area is 120 Å². The molecule has 2 heterocycles. The molecule has 1 atom stereocenters. The second-order valence-electron chi connectivity index (χ2n) is 5.05. The molecule has 1 unspecified atom stereocenters. The maximum atomic E-state index is 13.3. The molecule has 1 fully saturated rings. The normalized spacial score (nSPS) is 22.4. The quantitative estimate of drug-likeness (QED) is 0.907. The van der Waals surface area contributed by atoms with Gasteiger partial charge in [-0.25, -0.2) is 8.78 Å². The minimum atomic E-state index is -0.946. The zero-order valence-corrected chi connectivity index (χ0v) is 11.3. The Morgan fingerprint density at radius 2 is 2.14 bits per heavy atom. The lowest BCUT2D eigenvalue weighted by atomic mass is 10.1. The van der Waals surface area contributed by atoms with Gasteiger partial charge in [0.25, 0.3) is 0 Å². The standard InChI is InChI=1S/C14H15F2N3O2/c15-12-4-3-10(8-13(12)16)18-5-1-2-11(9-14(18)20)19-6-7-21-17-19/h3-4,6-8,11,17H,1-2,5,9H2. The van der Waals surface area contributed by atoms with Crippen LogP contribution in [-0.4, -0.2) is 23.5 Å². The van der Waals surface area contributed by atoms with Gasteiger partial charge in [-0.3, -0.25) is 9.80 Å². The van der Waals surface area contributed by atoms with Gasteiger partial charge < -0.3 is 9.74 Å². The highest BCUT2D eigenvalue weighted by molar-refractivity contribution is 5.94. The first kappa shape index (κ1) is 13.8. The van der Waals surface area contributed by atoms with Crippen LogP contribution >= 0.6 is 0 Å². The molecule has 1 aromatic carbocycles. The minimum absolute atomic E-state index is 0.0217. The van der Waals surface area contributed by atoms with Crippen molar-refractivity contribution in [3.63, 3.8) is 0 Å². The predicted octanol–water partition coefficient (Wildman–Crippen LogP) is 2.07. The molecule has 1 N–H and O–H groups in total. The maximum absolute atomic E-state index is 13.3. The number of hydrogen-bond donors (Lipinski definition) is 1. The Hall–Kier alpha value is -2.15. The minimum Gasteiger partial charge on any atom is -0.395 e. The van der Waals surface area contributed by atoms with E-state index in [4.69, 9.17) is 4.84 Å². The van der Waals surface area contributed by atoms with Gasteiger partial charge in [-0.1, -0.05) is 5.59 Å². The van der Waals surface area contributed by atoms with Gasteiger partial charge in [0, 0.05) is 24.7 Å². The molecule has 112 valence electrons. The van der Waals surface area contributed by atoms with Crippen molar-refractivity contribution in [1.82, 2.24) is 10.6 Å². The van der Waals surface area contributed by atoms with Crippen LogP contribution in [0.5, 0.6) is 0 Å². The fraction of sp³-hybridized carbons (Fsp3) is 0.357. The van der Waals surface area contributed by atoms with Crippen LogP contribution in [0.1, 0.15) is 19.3 Å². The van der Waals surface area contributed by atoms with E-state index in [1.54, 1.807) is 11.2 Å². The fourth-order valence-corrected chi connectivity index (χ4v) is 2.60. The predicted molar refractivity (Wildman–Crippen MR) is 71.5 cm³/mol. The first-order valence-corrected chi connectivity index (χ1v) is 6.77. The van der Waals surface area contributed by atoms with Gasteiger partial charge in [0.2, 0.25) is 5.91 Å². The molecule has 0 aliphatic carbocycles. The van der Waals surface area contributed by atoms with Gasteiger partial charge in [-0.2, -0.15) is 0 Å². The largest absolute Gasteiger partial charge is 0.395 e. The molecule has 3 rings (SSSR count). The molecule has 21 heavy (non-hydrogen) atoms. The summed E-state index contributed by atoms with van der Waals surface area (Å²) in [5.74, 6) is -1.98. The Balaban J connectivity index is 1.76. The summed E-state index contributed by atoms with van der Waals surface area (Å²) in [6.07, 6.45) is 5.07. The van der Waals surface area contributed by atoms with Gasteiger partial charge in [0.15, 0.2) is 11.6 Å². The highest BCUT2D eigenvalue weighted by Gasteiger charge is 2.29. The smallest absolute Gasteiger partial charge is 0.229 e. The van der Waals surface area contributed by atoms with Crippen LogP contribution < -0.4 is 10.5 Å². The van der Waals surface area contributed by atoms with Crippen LogP contribution in [-0.2, 0) is 9.63 Å². The van der Waals surface area contributed by atoms with E-state index in [0.29, 0.717) is 12.2 Å². The summed E-state index contributed by atoms with van der Waals surface area (Å²) in [4.78, 5) is 18.8. The fourth-order valence-electron chi connectivity index (χ4n) is 2.60. The highest BCUT2D eigenvalue weighted by atomic mass is 19.2. The van der Waals surface area contributed by atoms with Crippen LogP contribution in [0.2, 0.25) is 0 Å². The van der Waals surface area contributed by atoms with E-state index in [9.17, 15) is 13.6 Å². The summed E-state index contributed by atoms with van der Waals surface area (Å²) < 4.78 is 26.3. The van der Waals surface area contributed by atoms with Crippen molar-refractivity contribution in [2.45, 2.75) is 25.3 Å². The zero-order chi connectivity index (χ0) is 14.8. The summed E-state index contributed by atoms with van der Waals surface area (Å²) in [5, 5.41) is 1.74. The van der Waals surface area contributed by atoms with Gasteiger partial charge in [-0.05, 0) is 25.0 Å². The highest BCUT2D eigenvalue weighted by Crippen LogP contribution is 2.24. The molecule has 7 heteroatoms. The molecule has 1 amide bonds. The molecule has 0 spiro atoms. The summed E-state index contributed by atoms with van der Waals surface area (Å²) in [6.45, 7) is 0.485. The number of benzene rings is 1. The summed E-state index contributed by atoms with van der Waals surface area (Å²) >= 11 is 0. The van der Waals surface area contributed by atoms with E-state index in [1.807, 2.05) is 0 Å². The van der Waals surface area contributed by atoms with Crippen LogP contribution in [0.15, 0.2) is 30.7 Å². The average molecular weight is 295 g/mol. The number of carbonyl (C=O) groups is 1. The Morgan fingerprint density at radius 3 is 2.86 bits per heavy atom. The number of rotatable bonds is 2. The first-order valence-electron chi connectivity index (χ1n) is 6.77. The molecule has 0 radical (unpaired) electrons. The lowest BCUT2D eigenvalue weighted by Gasteiger charge is -2.24. The van der Waals surface area contributed by atoms with E-state index < -0.39 is 11.6 Å². The third kappa shape index (κ3) is 2.82. The monoisotopic (exact) mass is 295 g/mol. The third-order valence-electron chi connectivity index (χ3n) is 3.69. The topological polar surface area (TPSA) is 44.8 Å². The van der Waals surface area contributed by atoms with Crippen LogP contribution in [0.25, 0.3) is 0 Å². The van der Waals surface area contributed by atoms with Crippen molar-refractivity contribution < 1.29 is 18.4 Å². The molecule has 0 saturated carbocycles. The number of carbonyl (C=O) groups excluding carboxylic acids is 1.